The Hall–Kier alpha value is -2.61. The summed E-state index contributed by atoms with van der Waals surface area (Å²) in [5.41, 5.74) is 7.07. The van der Waals surface area contributed by atoms with Crippen LogP contribution >= 0.6 is 0 Å². The quantitative estimate of drug-likeness (QED) is 0.0278. The molecule has 0 atom stereocenters. The molecular weight excluding hydrogens is 807 g/mol. The second-order valence-corrected chi connectivity index (χ2v) is 18.7. The fraction of sp³-hybridized carbons (Fsp3) is 0.700. The molecule has 0 saturated heterocycles. The largest absolute Gasteiger partial charge is 0.237 e. The summed E-state index contributed by atoms with van der Waals surface area (Å²) < 4.78 is 0. The number of rotatable bonds is 38. The predicted molar refractivity (Wildman–Crippen MR) is 279 cm³/mol. The van der Waals surface area contributed by atoms with Crippen LogP contribution in [-0.2, 0) is 22.9 Å². The van der Waals surface area contributed by atoms with Crippen molar-refractivity contribution in [1.29, 1.82) is 0 Å². The number of nitrogens with zero attached hydrogens (tertiary/aromatic N) is 2. The van der Waals surface area contributed by atoms with Crippen LogP contribution in [0.4, 0.5) is 11.4 Å². The summed E-state index contributed by atoms with van der Waals surface area (Å²) in [6.45, 7) is 11.0. The Morgan fingerprint density at radius 3 is 1.11 bits per heavy atom. The number of hydrogen-bond donors (Lipinski definition) is 0. The first-order valence-electron chi connectivity index (χ1n) is 26.9. The van der Waals surface area contributed by atoms with Crippen molar-refractivity contribution in [3.8, 4) is 23.7 Å². The second kappa shape index (κ2) is 43.3. The second-order valence-electron chi connectivity index (χ2n) is 18.7. The molecule has 0 amide bonds. The van der Waals surface area contributed by atoms with Crippen molar-refractivity contribution in [1.82, 2.24) is 0 Å². The minimum absolute atomic E-state index is 0. The molecule has 63 heavy (non-hydrogen) atoms. The fourth-order valence-electron chi connectivity index (χ4n) is 8.30. The zero-order valence-corrected chi connectivity index (χ0v) is 42.9. The van der Waals surface area contributed by atoms with E-state index in [4.69, 9.17) is 9.98 Å². The van der Waals surface area contributed by atoms with E-state index in [0.29, 0.717) is 11.4 Å². The van der Waals surface area contributed by atoms with E-state index in [0.717, 1.165) is 43.5 Å². The van der Waals surface area contributed by atoms with Gasteiger partial charge in [-0.15, -0.1) is 0 Å². The number of unbranched alkanes of at least 4 members (excludes halogenated alkanes) is 33. The van der Waals surface area contributed by atoms with Gasteiger partial charge in [0.2, 0.25) is 0 Å². The van der Waals surface area contributed by atoms with Crippen LogP contribution in [-0.4, -0.2) is 11.4 Å². The Kier molecular flexibility index (Phi) is 40.1. The maximum Gasteiger partial charge on any atom is 0.148 e. The molecule has 0 bridgehead atoms. The summed E-state index contributed by atoms with van der Waals surface area (Å²) >= 11 is 0. The fourth-order valence-corrected chi connectivity index (χ4v) is 8.30. The van der Waals surface area contributed by atoms with E-state index in [-0.39, 0.29) is 16.5 Å². The van der Waals surface area contributed by atoms with Gasteiger partial charge in [-0.25, -0.2) is 9.98 Å². The Balaban J connectivity index is 0.0000198. The maximum atomic E-state index is 5.10. The van der Waals surface area contributed by atoms with Crippen molar-refractivity contribution < 1.29 is 16.5 Å². The molecule has 2 nitrogen and oxygen atoms in total. The molecule has 2 aromatic rings. The Bertz CT molecular complexity index is 1540. The smallest absolute Gasteiger partial charge is 0.148 e. The van der Waals surface area contributed by atoms with E-state index in [1.165, 1.54) is 222 Å². The molecule has 0 aliphatic carbocycles. The minimum atomic E-state index is 0. The molecule has 2 rings (SSSR count). The zero-order valence-electron chi connectivity index (χ0n) is 41.9. The van der Waals surface area contributed by atoms with Crippen LogP contribution in [0.2, 0.25) is 0 Å². The van der Waals surface area contributed by atoms with Crippen LogP contribution in [0.15, 0.2) is 52.4 Å². The average Bonchev–Trinajstić information content (AvgIpc) is 3.28. The molecule has 0 spiro atoms. The first kappa shape index (κ1) is 58.4. The van der Waals surface area contributed by atoms with E-state index in [2.05, 4.69) is 101 Å². The van der Waals surface area contributed by atoms with Crippen molar-refractivity contribution in [3.05, 3.63) is 59.2 Å². The van der Waals surface area contributed by atoms with Gasteiger partial charge in [0, 0.05) is 29.3 Å². The third kappa shape index (κ3) is 33.5. The molecule has 0 heterocycles. The third-order valence-electron chi connectivity index (χ3n) is 12.6. The Labute approximate surface area is 402 Å². The van der Waals surface area contributed by atoms with Crippen LogP contribution < -0.4 is 0 Å². The van der Waals surface area contributed by atoms with Gasteiger partial charge in [-0.3, -0.25) is 0 Å². The van der Waals surface area contributed by atoms with Gasteiger partial charge in [0.05, 0.1) is 11.4 Å². The van der Waals surface area contributed by atoms with Gasteiger partial charge in [-0.1, -0.05) is 250 Å². The summed E-state index contributed by atoms with van der Waals surface area (Å²) in [6.07, 6.45) is 50.1. The van der Waals surface area contributed by atoms with Crippen LogP contribution in [0.3, 0.4) is 0 Å². The number of aliphatic imine (C=N–C) groups is 2. The Morgan fingerprint density at radius 2 is 0.714 bits per heavy atom. The van der Waals surface area contributed by atoms with Crippen LogP contribution in [0.25, 0.3) is 0 Å². The van der Waals surface area contributed by atoms with E-state index in [9.17, 15) is 0 Å². The van der Waals surface area contributed by atoms with Gasteiger partial charge in [-0.05, 0) is 92.3 Å². The number of aryl methyl sites for hydroxylation is 3. The van der Waals surface area contributed by atoms with E-state index in [1.807, 2.05) is 0 Å². The molecule has 0 aromatic heterocycles. The molecule has 0 fully saturated rings. The molecule has 356 valence electrons. The van der Waals surface area contributed by atoms with Gasteiger partial charge in [-0.2, -0.15) is 0 Å². The molecule has 0 aliphatic heterocycles. The standard InChI is InChI=1S/C60H96N2.Ni/c1-6-9-12-14-16-18-19-20-21-22-23-24-25-26-27-28-29-30-31-32-33-34-35-36-38-40-43-46-59(60(45-41-11-8-3)62-58-50-47-54(4)55(5)53-58)61-57-51-48-56(49-52-57)44-42-39-37-17-15-13-10-7-2;/h47-53H,6-40,42,44H2,1-5H3;. The summed E-state index contributed by atoms with van der Waals surface area (Å²) in [6, 6.07) is 15.2. The zero-order chi connectivity index (χ0) is 44.4. The number of hydrogen-bond acceptors (Lipinski definition) is 2. The summed E-state index contributed by atoms with van der Waals surface area (Å²) in [4.78, 5) is 10.2. The molecule has 0 radical (unpaired) electrons. The third-order valence-corrected chi connectivity index (χ3v) is 12.6. The molecule has 3 heteroatoms. The van der Waals surface area contributed by atoms with E-state index < -0.39 is 0 Å². The SMILES string of the molecule is CCCC#CC(=Nc1ccc(C)c(C)c1)C(C#CCCCCCCCCCCCCCCCCCCCCCCCCCCC)=Nc1ccc(CCCCCCCCCC)cc1.[Ni]. The molecule has 2 aromatic carbocycles. The van der Waals surface area contributed by atoms with Crippen LogP contribution in [0, 0.1) is 37.5 Å². The monoisotopic (exact) mass is 903 g/mol. The van der Waals surface area contributed by atoms with Gasteiger partial charge in [0.1, 0.15) is 11.4 Å². The first-order chi connectivity index (χ1) is 30.6. The van der Waals surface area contributed by atoms with Crippen LogP contribution in [0.1, 0.15) is 269 Å². The normalized spacial score (nSPS) is 11.5. The van der Waals surface area contributed by atoms with E-state index in [1.54, 1.807) is 0 Å². The molecule has 0 N–H and O–H groups in total. The molecule has 0 saturated carbocycles. The Morgan fingerprint density at radius 1 is 0.365 bits per heavy atom. The molecule has 0 aliphatic rings. The first-order valence-corrected chi connectivity index (χ1v) is 26.9. The molecule has 0 unspecified atom stereocenters. The number of benzene rings is 2. The van der Waals surface area contributed by atoms with Crippen molar-refractivity contribution in [2.75, 3.05) is 0 Å². The van der Waals surface area contributed by atoms with Crippen molar-refractivity contribution >= 4 is 22.8 Å². The van der Waals surface area contributed by atoms with Gasteiger partial charge >= 0.3 is 0 Å². The van der Waals surface area contributed by atoms with Gasteiger partial charge in [0.15, 0.2) is 0 Å². The van der Waals surface area contributed by atoms with Gasteiger partial charge < -0.3 is 0 Å². The predicted octanol–water partition coefficient (Wildman–Crippen LogP) is 19.8. The van der Waals surface area contributed by atoms with Crippen molar-refractivity contribution in [2.45, 2.75) is 272 Å². The summed E-state index contributed by atoms with van der Waals surface area (Å²) in [7, 11) is 0. The minimum Gasteiger partial charge on any atom is -0.237 e. The van der Waals surface area contributed by atoms with E-state index >= 15 is 0 Å². The van der Waals surface area contributed by atoms with Crippen LogP contribution in [0.5, 0.6) is 0 Å². The topological polar surface area (TPSA) is 24.7 Å². The van der Waals surface area contributed by atoms with Crippen molar-refractivity contribution in [3.63, 3.8) is 0 Å². The summed E-state index contributed by atoms with van der Waals surface area (Å²) in [5.74, 6) is 13.7. The maximum absolute atomic E-state index is 5.10. The average molecular weight is 904 g/mol. The molecular formula is C60H96N2Ni. The van der Waals surface area contributed by atoms with Gasteiger partial charge in [0.25, 0.3) is 0 Å². The summed E-state index contributed by atoms with van der Waals surface area (Å²) in [5, 5.41) is 0. The van der Waals surface area contributed by atoms with Crippen molar-refractivity contribution in [2.24, 2.45) is 9.98 Å².